The van der Waals surface area contributed by atoms with Gasteiger partial charge in [-0.25, -0.2) is 8.42 Å². The highest BCUT2D eigenvalue weighted by Crippen LogP contribution is 2.25. The number of carbonyl (C=O) groups excluding carboxylic acids is 1. The quantitative estimate of drug-likeness (QED) is 0.419. The van der Waals surface area contributed by atoms with Crippen LogP contribution >= 0.6 is 27.5 Å². The molecule has 0 unspecified atom stereocenters. The van der Waals surface area contributed by atoms with E-state index in [0.717, 1.165) is 8.78 Å². The van der Waals surface area contributed by atoms with Crippen molar-refractivity contribution in [3.05, 3.63) is 88.4 Å². The lowest BCUT2D eigenvalue weighted by Gasteiger charge is -2.24. The second-order valence-corrected chi connectivity index (χ2v) is 9.67. The number of hydrogen-bond acceptors (Lipinski definition) is 4. The fourth-order valence-electron chi connectivity index (χ4n) is 2.72. The largest absolute Gasteiger partial charge is 0.492 e. The molecule has 0 spiro atoms. The Labute approximate surface area is 195 Å². The molecule has 0 saturated heterocycles. The van der Waals surface area contributed by atoms with E-state index in [1.54, 1.807) is 66.7 Å². The number of rotatable bonds is 9. The van der Waals surface area contributed by atoms with Crippen molar-refractivity contribution in [2.24, 2.45) is 0 Å². The van der Waals surface area contributed by atoms with Gasteiger partial charge < -0.3 is 10.1 Å². The van der Waals surface area contributed by atoms with Gasteiger partial charge in [-0.3, -0.25) is 9.10 Å². The minimum atomic E-state index is -3.93. The van der Waals surface area contributed by atoms with E-state index in [1.165, 1.54) is 12.1 Å². The summed E-state index contributed by atoms with van der Waals surface area (Å²) in [7, 11) is -3.93. The van der Waals surface area contributed by atoms with Crippen molar-refractivity contribution in [2.45, 2.75) is 4.90 Å². The lowest BCUT2D eigenvalue weighted by Crippen LogP contribution is -2.41. The molecule has 162 valence electrons. The summed E-state index contributed by atoms with van der Waals surface area (Å²) in [4.78, 5) is 12.6. The van der Waals surface area contributed by atoms with E-state index in [4.69, 9.17) is 16.3 Å². The van der Waals surface area contributed by atoms with Crippen LogP contribution in [0.3, 0.4) is 0 Å². The maximum Gasteiger partial charge on any atom is 0.264 e. The maximum atomic E-state index is 13.2. The summed E-state index contributed by atoms with van der Waals surface area (Å²) in [6, 6.07) is 21.6. The lowest BCUT2D eigenvalue weighted by atomic mass is 10.3. The number of benzene rings is 3. The SMILES string of the molecule is O=C(CN(c1ccc(Br)cc1)S(=O)(=O)c1ccccc1)NCCOc1ccc(Cl)cc1. The average molecular weight is 524 g/mol. The van der Waals surface area contributed by atoms with Gasteiger partial charge in [-0.05, 0) is 60.7 Å². The van der Waals surface area contributed by atoms with E-state index in [-0.39, 0.29) is 24.6 Å². The third-order valence-corrected chi connectivity index (χ3v) is 6.81. The predicted octanol–water partition coefficient (Wildman–Crippen LogP) is 4.49. The van der Waals surface area contributed by atoms with Gasteiger partial charge in [-0.1, -0.05) is 45.7 Å². The Morgan fingerprint density at radius 3 is 2.26 bits per heavy atom. The zero-order valence-corrected chi connectivity index (χ0v) is 19.5. The van der Waals surface area contributed by atoms with Crippen molar-refractivity contribution in [3.63, 3.8) is 0 Å². The molecule has 3 rings (SSSR count). The van der Waals surface area contributed by atoms with Crippen LogP contribution in [0, 0.1) is 0 Å². The molecule has 0 radical (unpaired) electrons. The Kier molecular flexibility index (Phi) is 7.95. The van der Waals surface area contributed by atoms with Gasteiger partial charge in [0.25, 0.3) is 10.0 Å². The Morgan fingerprint density at radius 2 is 1.61 bits per heavy atom. The standard InChI is InChI=1S/C22H20BrClN2O4S/c23-17-6-10-19(11-7-17)26(31(28,29)21-4-2-1-3-5-21)16-22(27)25-14-15-30-20-12-8-18(24)9-13-20/h1-13H,14-16H2,(H,25,27). The van der Waals surface area contributed by atoms with Crippen LogP contribution in [0.25, 0.3) is 0 Å². The highest BCUT2D eigenvalue weighted by Gasteiger charge is 2.26. The van der Waals surface area contributed by atoms with E-state index in [1.807, 2.05) is 0 Å². The molecule has 9 heteroatoms. The highest BCUT2D eigenvalue weighted by molar-refractivity contribution is 9.10. The van der Waals surface area contributed by atoms with Gasteiger partial charge in [0.05, 0.1) is 17.1 Å². The highest BCUT2D eigenvalue weighted by atomic mass is 79.9. The van der Waals surface area contributed by atoms with Crippen molar-refractivity contribution in [1.82, 2.24) is 5.32 Å². The fraction of sp³-hybridized carbons (Fsp3) is 0.136. The molecule has 6 nitrogen and oxygen atoms in total. The van der Waals surface area contributed by atoms with E-state index in [9.17, 15) is 13.2 Å². The molecule has 1 amide bonds. The Balaban J connectivity index is 1.67. The van der Waals surface area contributed by atoms with Gasteiger partial charge in [0.1, 0.15) is 18.9 Å². The summed E-state index contributed by atoms with van der Waals surface area (Å²) in [6.45, 7) is 0.0952. The molecular weight excluding hydrogens is 504 g/mol. The van der Waals surface area contributed by atoms with Gasteiger partial charge in [0.2, 0.25) is 5.91 Å². The third-order valence-electron chi connectivity index (χ3n) is 4.24. The number of anilines is 1. The second-order valence-electron chi connectivity index (χ2n) is 6.45. The molecule has 3 aromatic rings. The summed E-state index contributed by atoms with van der Waals surface area (Å²) in [5, 5.41) is 3.30. The van der Waals surface area contributed by atoms with E-state index in [0.29, 0.717) is 16.5 Å². The monoisotopic (exact) mass is 522 g/mol. The van der Waals surface area contributed by atoms with Crippen LogP contribution < -0.4 is 14.4 Å². The minimum Gasteiger partial charge on any atom is -0.492 e. The predicted molar refractivity (Wildman–Crippen MR) is 125 cm³/mol. The molecule has 0 aliphatic carbocycles. The first kappa shape index (κ1) is 23.1. The fourth-order valence-corrected chi connectivity index (χ4v) is 4.55. The molecule has 0 atom stereocenters. The second kappa shape index (κ2) is 10.7. The Hall–Kier alpha value is -2.55. The summed E-state index contributed by atoms with van der Waals surface area (Å²) in [6.07, 6.45) is 0. The first-order chi connectivity index (χ1) is 14.9. The summed E-state index contributed by atoms with van der Waals surface area (Å²) in [5.41, 5.74) is 0.389. The van der Waals surface area contributed by atoms with Crippen molar-refractivity contribution in [1.29, 1.82) is 0 Å². The minimum absolute atomic E-state index is 0.108. The molecule has 3 aromatic carbocycles. The lowest BCUT2D eigenvalue weighted by molar-refractivity contribution is -0.119. The van der Waals surface area contributed by atoms with Crippen LogP contribution in [0.2, 0.25) is 5.02 Å². The summed E-state index contributed by atoms with van der Waals surface area (Å²) >= 11 is 9.17. The van der Waals surface area contributed by atoms with Crippen molar-refractivity contribution < 1.29 is 17.9 Å². The van der Waals surface area contributed by atoms with E-state index >= 15 is 0 Å². The number of amides is 1. The van der Waals surface area contributed by atoms with Crippen LogP contribution in [0.4, 0.5) is 5.69 Å². The van der Waals surface area contributed by atoms with Crippen LogP contribution in [0.5, 0.6) is 5.75 Å². The average Bonchev–Trinajstić information content (AvgIpc) is 2.77. The van der Waals surface area contributed by atoms with E-state index in [2.05, 4.69) is 21.2 Å². The van der Waals surface area contributed by atoms with Crippen molar-refractivity contribution >= 4 is 49.1 Å². The van der Waals surface area contributed by atoms with Crippen LogP contribution in [0.15, 0.2) is 88.2 Å². The van der Waals surface area contributed by atoms with Gasteiger partial charge in [-0.2, -0.15) is 0 Å². The number of carbonyl (C=O) groups is 1. The van der Waals surface area contributed by atoms with Crippen molar-refractivity contribution in [3.8, 4) is 5.75 Å². The first-order valence-electron chi connectivity index (χ1n) is 9.35. The molecule has 0 aliphatic heterocycles. The molecule has 0 saturated carbocycles. The Morgan fingerprint density at radius 1 is 0.968 bits per heavy atom. The third kappa shape index (κ3) is 6.46. The molecular formula is C22H20BrClN2O4S. The zero-order valence-electron chi connectivity index (χ0n) is 16.4. The molecule has 0 heterocycles. The van der Waals surface area contributed by atoms with Gasteiger partial charge in [0, 0.05) is 9.50 Å². The number of ether oxygens (including phenoxy) is 1. The van der Waals surface area contributed by atoms with Crippen LogP contribution in [-0.4, -0.2) is 34.0 Å². The maximum absolute atomic E-state index is 13.2. The topological polar surface area (TPSA) is 75.7 Å². The number of nitrogens with zero attached hydrogens (tertiary/aromatic N) is 1. The molecule has 0 aromatic heterocycles. The smallest absolute Gasteiger partial charge is 0.264 e. The Bertz CT molecular complexity index is 1110. The molecule has 0 fully saturated rings. The molecule has 1 N–H and O–H groups in total. The van der Waals surface area contributed by atoms with E-state index < -0.39 is 15.9 Å². The molecule has 0 bridgehead atoms. The summed E-state index contributed by atoms with van der Waals surface area (Å²) in [5.74, 6) is 0.184. The van der Waals surface area contributed by atoms with Gasteiger partial charge in [0.15, 0.2) is 0 Å². The number of sulfonamides is 1. The summed E-state index contributed by atoms with van der Waals surface area (Å²) < 4.78 is 33.8. The van der Waals surface area contributed by atoms with Gasteiger partial charge >= 0.3 is 0 Å². The molecule has 31 heavy (non-hydrogen) atoms. The zero-order chi connectivity index (χ0) is 22.3. The number of nitrogens with one attached hydrogen (secondary N) is 1. The van der Waals surface area contributed by atoms with Gasteiger partial charge in [-0.15, -0.1) is 0 Å². The first-order valence-corrected chi connectivity index (χ1v) is 12.0. The number of halogens is 2. The molecule has 0 aliphatic rings. The van der Waals surface area contributed by atoms with Crippen LogP contribution in [-0.2, 0) is 14.8 Å². The van der Waals surface area contributed by atoms with Crippen LogP contribution in [0.1, 0.15) is 0 Å². The number of hydrogen-bond donors (Lipinski definition) is 1. The normalized spacial score (nSPS) is 11.0. The van der Waals surface area contributed by atoms with Crippen molar-refractivity contribution in [2.75, 3.05) is 24.0 Å².